The van der Waals surface area contributed by atoms with Crippen molar-refractivity contribution < 1.29 is 9.90 Å². The van der Waals surface area contributed by atoms with E-state index in [0.29, 0.717) is 12.1 Å². The minimum Gasteiger partial charge on any atom is -0.390 e. The molecule has 1 aliphatic rings. The highest BCUT2D eigenvalue weighted by molar-refractivity contribution is 6.18. The van der Waals surface area contributed by atoms with Crippen LogP contribution in [0.15, 0.2) is 24.3 Å². The van der Waals surface area contributed by atoms with Crippen molar-refractivity contribution in [2.45, 2.75) is 44.2 Å². The summed E-state index contributed by atoms with van der Waals surface area (Å²) in [4.78, 5) is 12.4. The maximum Gasteiger partial charge on any atom is 0.253 e. The fraction of sp³-hybridized carbons (Fsp3) is 0.562. The molecule has 1 atom stereocenters. The third-order valence-corrected chi connectivity index (χ3v) is 4.17. The van der Waals surface area contributed by atoms with Gasteiger partial charge in [0.1, 0.15) is 0 Å². The Kier molecular flexibility index (Phi) is 6.33. The van der Waals surface area contributed by atoms with E-state index in [4.69, 9.17) is 11.6 Å². The van der Waals surface area contributed by atoms with Gasteiger partial charge in [-0.3, -0.25) is 4.79 Å². The van der Waals surface area contributed by atoms with E-state index in [9.17, 15) is 9.90 Å². The first-order valence-corrected chi connectivity index (χ1v) is 8.12. The van der Waals surface area contributed by atoms with Crippen molar-refractivity contribution in [2.24, 2.45) is 0 Å². The molecule has 0 spiro atoms. The molecule has 4 nitrogen and oxygen atoms in total. The van der Waals surface area contributed by atoms with E-state index in [1.54, 1.807) is 6.07 Å². The molecule has 0 bridgehead atoms. The van der Waals surface area contributed by atoms with Gasteiger partial charge in [-0.2, -0.15) is 0 Å². The molecule has 1 unspecified atom stereocenters. The van der Waals surface area contributed by atoms with E-state index in [2.05, 4.69) is 10.6 Å². The predicted molar refractivity (Wildman–Crippen MR) is 86.0 cm³/mol. The number of para-hydroxylation sites is 1. The van der Waals surface area contributed by atoms with Crippen LogP contribution in [-0.2, 0) is 0 Å². The smallest absolute Gasteiger partial charge is 0.253 e. The van der Waals surface area contributed by atoms with Crippen molar-refractivity contribution in [1.29, 1.82) is 0 Å². The van der Waals surface area contributed by atoms with Crippen molar-refractivity contribution in [2.75, 3.05) is 17.7 Å². The molecule has 1 aliphatic carbocycles. The largest absolute Gasteiger partial charge is 0.390 e. The molecule has 1 amide bonds. The second kappa shape index (κ2) is 8.25. The van der Waals surface area contributed by atoms with Gasteiger partial charge in [-0.25, -0.2) is 0 Å². The number of hydrogen-bond acceptors (Lipinski definition) is 3. The van der Waals surface area contributed by atoms with Crippen molar-refractivity contribution >= 4 is 23.2 Å². The van der Waals surface area contributed by atoms with Gasteiger partial charge in [-0.05, 0) is 25.0 Å². The van der Waals surface area contributed by atoms with E-state index in [1.165, 1.54) is 19.3 Å². The van der Waals surface area contributed by atoms with E-state index < -0.39 is 6.10 Å². The quantitative estimate of drug-likeness (QED) is 0.708. The zero-order valence-electron chi connectivity index (χ0n) is 12.1. The molecule has 5 heteroatoms. The lowest BCUT2D eigenvalue weighted by Crippen LogP contribution is -2.36. The number of anilines is 1. The second-order valence-electron chi connectivity index (χ2n) is 5.54. The zero-order valence-corrected chi connectivity index (χ0v) is 12.9. The molecular formula is C16H23ClN2O2. The number of aliphatic hydroxyl groups excluding tert-OH is 1. The van der Waals surface area contributed by atoms with Crippen LogP contribution in [0.1, 0.15) is 42.5 Å². The summed E-state index contributed by atoms with van der Waals surface area (Å²) in [6.07, 6.45) is 5.14. The Morgan fingerprint density at radius 3 is 2.71 bits per heavy atom. The maximum atomic E-state index is 12.4. The summed E-state index contributed by atoms with van der Waals surface area (Å²) < 4.78 is 0. The lowest BCUT2D eigenvalue weighted by Gasteiger charge is -2.23. The first-order valence-electron chi connectivity index (χ1n) is 7.58. The van der Waals surface area contributed by atoms with Crippen LogP contribution >= 0.6 is 11.6 Å². The molecule has 2 rings (SSSR count). The molecule has 1 aromatic carbocycles. The SMILES string of the molecule is O=C(NC1CCCCC1)c1ccccc1NCC(O)CCl. The average Bonchev–Trinajstić information content (AvgIpc) is 2.53. The van der Waals surface area contributed by atoms with E-state index >= 15 is 0 Å². The molecule has 1 saturated carbocycles. The molecule has 21 heavy (non-hydrogen) atoms. The van der Waals surface area contributed by atoms with Crippen molar-refractivity contribution in [1.82, 2.24) is 5.32 Å². The van der Waals surface area contributed by atoms with Crippen LogP contribution < -0.4 is 10.6 Å². The summed E-state index contributed by atoms with van der Waals surface area (Å²) in [5.41, 5.74) is 1.35. The lowest BCUT2D eigenvalue weighted by molar-refractivity contribution is 0.0928. The van der Waals surface area contributed by atoms with Crippen molar-refractivity contribution in [3.63, 3.8) is 0 Å². The van der Waals surface area contributed by atoms with E-state index in [1.807, 2.05) is 18.2 Å². The first-order chi connectivity index (χ1) is 10.2. The lowest BCUT2D eigenvalue weighted by atomic mass is 9.95. The van der Waals surface area contributed by atoms with Gasteiger partial charge >= 0.3 is 0 Å². The monoisotopic (exact) mass is 310 g/mol. The summed E-state index contributed by atoms with van der Waals surface area (Å²) in [7, 11) is 0. The van der Waals surface area contributed by atoms with Gasteiger partial charge < -0.3 is 15.7 Å². The van der Waals surface area contributed by atoms with E-state index in [0.717, 1.165) is 18.5 Å². The number of hydrogen-bond donors (Lipinski definition) is 3. The van der Waals surface area contributed by atoms with Crippen LogP contribution in [0, 0.1) is 0 Å². The summed E-state index contributed by atoms with van der Waals surface area (Å²) >= 11 is 5.58. The minimum atomic E-state index is -0.624. The van der Waals surface area contributed by atoms with Crippen LogP contribution in [0.3, 0.4) is 0 Å². The first kappa shape index (κ1) is 16.1. The molecule has 0 heterocycles. The third kappa shape index (κ3) is 4.90. The van der Waals surface area contributed by atoms with Crippen LogP contribution in [-0.4, -0.2) is 35.6 Å². The van der Waals surface area contributed by atoms with Crippen molar-refractivity contribution in [3.05, 3.63) is 29.8 Å². The number of alkyl halides is 1. The Labute approximate surface area is 130 Å². The number of halogens is 1. The molecule has 0 saturated heterocycles. The zero-order chi connectivity index (χ0) is 15.1. The molecular weight excluding hydrogens is 288 g/mol. The van der Waals surface area contributed by atoms with Gasteiger partial charge in [0.2, 0.25) is 0 Å². The Morgan fingerprint density at radius 1 is 1.29 bits per heavy atom. The standard InChI is InChI=1S/C16H23ClN2O2/c17-10-13(20)11-18-15-9-5-4-8-14(15)16(21)19-12-6-2-1-3-7-12/h4-5,8-9,12-13,18,20H,1-3,6-7,10-11H2,(H,19,21). The molecule has 116 valence electrons. The molecule has 1 fully saturated rings. The van der Waals surface area contributed by atoms with E-state index in [-0.39, 0.29) is 17.8 Å². The molecule has 0 radical (unpaired) electrons. The predicted octanol–water partition coefficient (Wildman–Crippen LogP) is 2.76. The number of aliphatic hydroxyl groups is 1. The highest BCUT2D eigenvalue weighted by atomic mass is 35.5. The van der Waals surface area contributed by atoms with Gasteiger partial charge in [0.15, 0.2) is 0 Å². The van der Waals surface area contributed by atoms with Crippen LogP contribution in [0.5, 0.6) is 0 Å². The summed E-state index contributed by atoms with van der Waals surface area (Å²) in [5, 5.41) is 15.7. The second-order valence-corrected chi connectivity index (χ2v) is 5.85. The number of rotatable bonds is 6. The summed E-state index contributed by atoms with van der Waals surface area (Å²) in [5.74, 6) is 0.119. The number of carbonyl (C=O) groups excluding carboxylic acids is 1. The van der Waals surface area contributed by atoms with Gasteiger partial charge in [0, 0.05) is 18.3 Å². The molecule has 1 aromatic rings. The molecule has 3 N–H and O–H groups in total. The van der Waals surface area contributed by atoms with Gasteiger partial charge in [-0.15, -0.1) is 11.6 Å². The van der Waals surface area contributed by atoms with Crippen LogP contribution in [0.25, 0.3) is 0 Å². The van der Waals surface area contributed by atoms with Gasteiger partial charge in [0.05, 0.1) is 17.5 Å². The number of benzene rings is 1. The highest BCUT2D eigenvalue weighted by Crippen LogP contribution is 2.20. The van der Waals surface area contributed by atoms with Gasteiger partial charge in [-0.1, -0.05) is 31.4 Å². The number of nitrogens with one attached hydrogen (secondary N) is 2. The highest BCUT2D eigenvalue weighted by Gasteiger charge is 2.18. The summed E-state index contributed by atoms with van der Waals surface area (Å²) in [6, 6.07) is 7.64. The molecule has 0 aliphatic heterocycles. The number of amides is 1. The Hall–Kier alpha value is -1.26. The summed E-state index contributed by atoms with van der Waals surface area (Å²) in [6.45, 7) is 0.331. The number of carbonyl (C=O) groups is 1. The Bertz CT molecular complexity index is 461. The Balaban J connectivity index is 1.98. The topological polar surface area (TPSA) is 61.4 Å². The average molecular weight is 311 g/mol. The third-order valence-electron chi connectivity index (χ3n) is 3.82. The maximum absolute atomic E-state index is 12.4. The van der Waals surface area contributed by atoms with Crippen LogP contribution in [0.4, 0.5) is 5.69 Å². The van der Waals surface area contributed by atoms with Gasteiger partial charge in [0.25, 0.3) is 5.91 Å². The Morgan fingerprint density at radius 2 is 2.00 bits per heavy atom. The van der Waals surface area contributed by atoms with Crippen LogP contribution in [0.2, 0.25) is 0 Å². The molecule has 0 aromatic heterocycles. The van der Waals surface area contributed by atoms with Crippen molar-refractivity contribution in [3.8, 4) is 0 Å². The fourth-order valence-electron chi connectivity index (χ4n) is 2.63. The fourth-order valence-corrected chi connectivity index (χ4v) is 2.74. The normalized spacial score (nSPS) is 17.2. The minimum absolute atomic E-state index is 0.0506.